The zero-order valence-corrected chi connectivity index (χ0v) is 9.35. The molecule has 1 aromatic carbocycles. The van der Waals surface area contributed by atoms with Gasteiger partial charge >= 0.3 is 0 Å². The number of nitrogens with zero attached hydrogens (tertiary/aromatic N) is 1. The summed E-state index contributed by atoms with van der Waals surface area (Å²) in [4.78, 5) is 15.5. The molecule has 1 amide bonds. The van der Waals surface area contributed by atoms with Gasteiger partial charge in [0.15, 0.2) is 6.10 Å². The summed E-state index contributed by atoms with van der Waals surface area (Å²) in [7, 11) is 0. The van der Waals surface area contributed by atoms with Crippen LogP contribution in [0, 0.1) is 0 Å². The van der Waals surface area contributed by atoms with E-state index in [2.05, 4.69) is 11.9 Å². The smallest absolute Gasteiger partial charge is 0.290 e. The molecule has 0 aliphatic carbocycles. The Hall–Kier alpha value is -1.64. The Morgan fingerprint density at radius 1 is 1.31 bits per heavy atom. The predicted octanol–water partition coefficient (Wildman–Crippen LogP) is 2.55. The molecule has 0 saturated carbocycles. The standard InChI is InChI=1S/C13H15NO2/c1-2-3-9-11-12(15)14-13(16-11)10-7-5-4-6-8-10/h4-8,11H,2-3,9H2,1H3. The molecule has 0 bridgehead atoms. The maximum atomic E-state index is 11.6. The molecule has 0 saturated heterocycles. The quantitative estimate of drug-likeness (QED) is 0.777. The zero-order valence-electron chi connectivity index (χ0n) is 9.35. The lowest BCUT2D eigenvalue weighted by atomic mass is 10.1. The van der Waals surface area contributed by atoms with Gasteiger partial charge in [-0.1, -0.05) is 31.5 Å². The second kappa shape index (κ2) is 4.92. The van der Waals surface area contributed by atoms with E-state index in [0.29, 0.717) is 5.90 Å². The summed E-state index contributed by atoms with van der Waals surface area (Å²) in [6.07, 6.45) is 2.45. The largest absolute Gasteiger partial charge is 0.464 e. The predicted molar refractivity (Wildman–Crippen MR) is 62.4 cm³/mol. The first-order valence-corrected chi connectivity index (χ1v) is 5.66. The maximum absolute atomic E-state index is 11.6. The second-order valence-electron chi connectivity index (χ2n) is 3.87. The molecule has 0 aromatic heterocycles. The Bertz CT molecular complexity index is 398. The van der Waals surface area contributed by atoms with Crippen molar-refractivity contribution >= 4 is 11.8 Å². The van der Waals surface area contributed by atoms with Gasteiger partial charge in [-0.3, -0.25) is 4.79 Å². The molecule has 16 heavy (non-hydrogen) atoms. The fourth-order valence-electron chi connectivity index (χ4n) is 1.67. The highest BCUT2D eigenvalue weighted by molar-refractivity contribution is 6.07. The minimum atomic E-state index is -0.366. The van der Waals surface area contributed by atoms with E-state index in [1.807, 2.05) is 30.3 Å². The minimum absolute atomic E-state index is 0.146. The SMILES string of the molecule is CCCCC1OC(c2ccccc2)=NC1=O. The summed E-state index contributed by atoms with van der Waals surface area (Å²) >= 11 is 0. The molecule has 84 valence electrons. The van der Waals surface area contributed by atoms with E-state index in [1.54, 1.807) is 0 Å². The Labute approximate surface area is 95.2 Å². The summed E-state index contributed by atoms with van der Waals surface area (Å²) in [5.41, 5.74) is 0.870. The average molecular weight is 217 g/mol. The number of aliphatic imine (C=N–C) groups is 1. The zero-order chi connectivity index (χ0) is 11.4. The molecule has 2 rings (SSSR count). The topological polar surface area (TPSA) is 38.7 Å². The third kappa shape index (κ3) is 2.30. The van der Waals surface area contributed by atoms with E-state index >= 15 is 0 Å². The number of carbonyl (C=O) groups excluding carboxylic acids is 1. The Kier molecular flexibility index (Phi) is 3.34. The second-order valence-corrected chi connectivity index (χ2v) is 3.87. The first-order valence-electron chi connectivity index (χ1n) is 5.66. The van der Waals surface area contributed by atoms with Crippen molar-refractivity contribution in [2.45, 2.75) is 32.3 Å². The summed E-state index contributed by atoms with van der Waals surface area (Å²) < 4.78 is 5.56. The highest BCUT2D eigenvalue weighted by atomic mass is 16.5. The molecule has 1 heterocycles. The van der Waals surface area contributed by atoms with Crippen LogP contribution >= 0.6 is 0 Å². The van der Waals surface area contributed by atoms with Crippen LogP contribution in [0.1, 0.15) is 31.7 Å². The van der Waals surface area contributed by atoms with E-state index in [0.717, 1.165) is 24.8 Å². The van der Waals surface area contributed by atoms with Gasteiger partial charge in [0, 0.05) is 5.56 Å². The number of carbonyl (C=O) groups is 1. The molecule has 1 aliphatic heterocycles. The summed E-state index contributed by atoms with van der Waals surface area (Å²) in [5, 5.41) is 0. The third-order valence-corrected chi connectivity index (χ3v) is 2.58. The molecule has 3 heteroatoms. The molecule has 0 radical (unpaired) electrons. The number of ether oxygens (including phenoxy) is 1. The molecule has 1 aliphatic rings. The van der Waals surface area contributed by atoms with Crippen LogP contribution in [0.4, 0.5) is 0 Å². The van der Waals surface area contributed by atoms with E-state index in [-0.39, 0.29) is 12.0 Å². The van der Waals surface area contributed by atoms with Crippen molar-refractivity contribution in [2.24, 2.45) is 4.99 Å². The van der Waals surface area contributed by atoms with Crippen LogP contribution < -0.4 is 0 Å². The summed E-state index contributed by atoms with van der Waals surface area (Å²) in [6, 6.07) is 9.54. The molecule has 0 spiro atoms. The van der Waals surface area contributed by atoms with Crippen molar-refractivity contribution in [3.8, 4) is 0 Å². The van der Waals surface area contributed by atoms with Crippen molar-refractivity contribution in [3.63, 3.8) is 0 Å². The molecule has 0 N–H and O–H groups in total. The van der Waals surface area contributed by atoms with Gasteiger partial charge < -0.3 is 4.74 Å². The minimum Gasteiger partial charge on any atom is -0.464 e. The van der Waals surface area contributed by atoms with E-state index in [1.165, 1.54) is 0 Å². The number of benzene rings is 1. The first-order chi connectivity index (χ1) is 7.81. The van der Waals surface area contributed by atoms with Crippen molar-refractivity contribution in [3.05, 3.63) is 35.9 Å². The maximum Gasteiger partial charge on any atom is 0.290 e. The van der Waals surface area contributed by atoms with Gasteiger partial charge in [-0.25, -0.2) is 0 Å². The van der Waals surface area contributed by atoms with Gasteiger partial charge in [-0.2, -0.15) is 4.99 Å². The number of hydrogen-bond acceptors (Lipinski definition) is 2. The van der Waals surface area contributed by atoms with Crippen molar-refractivity contribution in [2.75, 3.05) is 0 Å². The van der Waals surface area contributed by atoms with E-state index < -0.39 is 0 Å². The number of unbranched alkanes of at least 4 members (excludes halogenated alkanes) is 1. The normalized spacial score (nSPS) is 19.4. The lowest BCUT2D eigenvalue weighted by Gasteiger charge is -2.08. The van der Waals surface area contributed by atoms with E-state index in [4.69, 9.17) is 4.74 Å². The van der Waals surface area contributed by atoms with Gasteiger partial charge in [0.1, 0.15) is 0 Å². The lowest BCUT2D eigenvalue weighted by molar-refractivity contribution is -0.122. The number of amides is 1. The van der Waals surface area contributed by atoms with Gasteiger partial charge in [0.05, 0.1) is 0 Å². The third-order valence-electron chi connectivity index (χ3n) is 2.58. The monoisotopic (exact) mass is 217 g/mol. The number of hydrogen-bond donors (Lipinski definition) is 0. The van der Waals surface area contributed by atoms with Crippen LogP contribution in [-0.2, 0) is 9.53 Å². The van der Waals surface area contributed by atoms with Crippen LogP contribution in [-0.4, -0.2) is 17.9 Å². The highest BCUT2D eigenvalue weighted by Crippen LogP contribution is 2.17. The number of rotatable bonds is 4. The van der Waals surface area contributed by atoms with Crippen molar-refractivity contribution < 1.29 is 9.53 Å². The first kappa shape index (κ1) is 10.9. The molecular formula is C13H15NO2. The molecule has 3 nitrogen and oxygen atoms in total. The lowest BCUT2D eigenvalue weighted by Crippen LogP contribution is -2.17. The van der Waals surface area contributed by atoms with E-state index in [9.17, 15) is 4.79 Å². The Morgan fingerprint density at radius 3 is 2.75 bits per heavy atom. The van der Waals surface area contributed by atoms with Crippen molar-refractivity contribution in [1.29, 1.82) is 0 Å². The van der Waals surface area contributed by atoms with Crippen LogP contribution in [0.15, 0.2) is 35.3 Å². The average Bonchev–Trinajstić information content (AvgIpc) is 2.69. The van der Waals surface area contributed by atoms with Gasteiger partial charge in [0.2, 0.25) is 5.90 Å². The molecule has 1 unspecified atom stereocenters. The summed E-state index contributed by atoms with van der Waals surface area (Å²) in [5.74, 6) is 0.319. The van der Waals surface area contributed by atoms with Gasteiger partial charge in [0.25, 0.3) is 5.91 Å². The van der Waals surface area contributed by atoms with Crippen LogP contribution in [0.2, 0.25) is 0 Å². The Morgan fingerprint density at radius 2 is 2.06 bits per heavy atom. The molecule has 1 aromatic rings. The molecular weight excluding hydrogens is 202 g/mol. The summed E-state index contributed by atoms with van der Waals surface area (Å²) in [6.45, 7) is 2.10. The fourth-order valence-corrected chi connectivity index (χ4v) is 1.67. The van der Waals surface area contributed by atoms with Crippen LogP contribution in [0.3, 0.4) is 0 Å². The van der Waals surface area contributed by atoms with Crippen LogP contribution in [0.25, 0.3) is 0 Å². The van der Waals surface area contributed by atoms with Gasteiger partial charge in [-0.15, -0.1) is 0 Å². The van der Waals surface area contributed by atoms with Crippen LogP contribution in [0.5, 0.6) is 0 Å². The molecule has 1 atom stereocenters. The highest BCUT2D eigenvalue weighted by Gasteiger charge is 2.28. The Balaban J connectivity index is 2.05. The fraction of sp³-hybridized carbons (Fsp3) is 0.385. The van der Waals surface area contributed by atoms with Crippen molar-refractivity contribution in [1.82, 2.24) is 0 Å². The van der Waals surface area contributed by atoms with Gasteiger partial charge in [-0.05, 0) is 25.0 Å². The molecule has 0 fully saturated rings.